The number of rotatable bonds is 5. The third-order valence-electron chi connectivity index (χ3n) is 3.42. The Morgan fingerprint density at radius 1 is 1.62 bits per heavy atom. The van der Waals surface area contributed by atoms with Crippen LogP contribution in [0.2, 0.25) is 0 Å². The van der Waals surface area contributed by atoms with Crippen LogP contribution in [0.3, 0.4) is 0 Å². The Kier molecular flexibility index (Phi) is 3.62. The summed E-state index contributed by atoms with van der Waals surface area (Å²) in [5.74, 6) is 0. The highest BCUT2D eigenvalue weighted by Gasteiger charge is 2.41. The van der Waals surface area contributed by atoms with E-state index in [1.54, 1.807) is 18.4 Å². The summed E-state index contributed by atoms with van der Waals surface area (Å²) < 4.78 is 5.64. The highest BCUT2D eigenvalue weighted by Crippen LogP contribution is 2.45. The molecule has 1 fully saturated rings. The van der Waals surface area contributed by atoms with Crippen molar-refractivity contribution in [2.45, 2.75) is 44.8 Å². The maximum Gasteiger partial charge on any atom is 0.125 e. The minimum atomic E-state index is -0.0607. The molecule has 4 heteroatoms. The van der Waals surface area contributed by atoms with Crippen molar-refractivity contribution in [2.75, 3.05) is 13.7 Å². The largest absolute Gasteiger partial charge is 0.371 e. The lowest BCUT2D eigenvalue weighted by molar-refractivity contribution is -0.0780. The quantitative estimate of drug-likeness (QED) is 0.859. The average Bonchev–Trinajstić information content (AvgIpc) is 2.67. The van der Waals surface area contributed by atoms with Crippen LogP contribution in [0.5, 0.6) is 0 Å². The van der Waals surface area contributed by atoms with Gasteiger partial charge < -0.3 is 10.1 Å². The predicted molar refractivity (Wildman–Crippen MR) is 66.7 cm³/mol. The molecular formula is C12H20N2OS. The minimum Gasteiger partial charge on any atom is -0.371 e. The predicted octanol–water partition coefficient (Wildman–Crippen LogP) is 2.84. The van der Waals surface area contributed by atoms with E-state index in [2.05, 4.69) is 24.5 Å². The van der Waals surface area contributed by atoms with E-state index in [4.69, 9.17) is 9.72 Å². The fraction of sp³-hybridized carbons (Fsp3) is 0.750. The first-order valence-electron chi connectivity index (χ1n) is 5.96. The maximum atomic E-state index is 5.64. The summed E-state index contributed by atoms with van der Waals surface area (Å²) in [5.41, 5.74) is 1.08. The smallest absolute Gasteiger partial charge is 0.125 e. The second-order valence-electron chi connectivity index (χ2n) is 4.41. The number of nitrogens with one attached hydrogen (secondary N) is 1. The zero-order valence-electron chi connectivity index (χ0n) is 10.2. The number of methoxy groups -OCH3 is 1. The maximum absolute atomic E-state index is 5.64. The van der Waals surface area contributed by atoms with E-state index < -0.39 is 0 Å². The number of aromatic nitrogens is 1. The fourth-order valence-electron chi connectivity index (χ4n) is 2.11. The molecule has 16 heavy (non-hydrogen) atoms. The van der Waals surface area contributed by atoms with Crippen molar-refractivity contribution in [3.05, 3.63) is 16.1 Å². The molecule has 1 unspecified atom stereocenters. The van der Waals surface area contributed by atoms with E-state index in [1.165, 1.54) is 6.42 Å². The number of nitrogens with zero attached hydrogens (tertiary/aromatic N) is 1. The van der Waals surface area contributed by atoms with Crippen LogP contribution in [0.15, 0.2) is 5.38 Å². The van der Waals surface area contributed by atoms with Gasteiger partial charge in [-0.05, 0) is 32.7 Å². The zero-order chi connectivity index (χ0) is 11.6. The second kappa shape index (κ2) is 4.82. The number of hydrogen-bond donors (Lipinski definition) is 1. The van der Waals surface area contributed by atoms with Gasteiger partial charge in [-0.3, -0.25) is 0 Å². The Bertz CT molecular complexity index is 341. The lowest BCUT2D eigenvalue weighted by Gasteiger charge is -2.38. The molecule has 1 aliphatic carbocycles. The summed E-state index contributed by atoms with van der Waals surface area (Å²) in [6, 6.07) is 0.337. The molecule has 3 nitrogen and oxygen atoms in total. The van der Waals surface area contributed by atoms with Crippen LogP contribution >= 0.6 is 11.3 Å². The molecule has 0 aliphatic heterocycles. The topological polar surface area (TPSA) is 34.1 Å². The van der Waals surface area contributed by atoms with Crippen molar-refractivity contribution < 1.29 is 4.74 Å². The Labute approximate surface area is 101 Å². The number of hydrogen-bond acceptors (Lipinski definition) is 4. The highest BCUT2D eigenvalue weighted by atomic mass is 32.1. The van der Waals surface area contributed by atoms with Crippen LogP contribution in [-0.2, 0) is 10.3 Å². The molecule has 1 N–H and O–H groups in total. The minimum absolute atomic E-state index is 0.0607. The van der Waals surface area contributed by atoms with Gasteiger partial charge in [-0.1, -0.05) is 6.92 Å². The molecule has 0 spiro atoms. The first-order chi connectivity index (χ1) is 7.72. The van der Waals surface area contributed by atoms with Gasteiger partial charge >= 0.3 is 0 Å². The molecular weight excluding hydrogens is 220 g/mol. The molecule has 90 valence electrons. The summed E-state index contributed by atoms with van der Waals surface area (Å²) in [5, 5.41) is 6.69. The Balaban J connectivity index is 2.12. The van der Waals surface area contributed by atoms with Gasteiger partial charge in [0.1, 0.15) is 10.6 Å². The highest BCUT2D eigenvalue weighted by molar-refractivity contribution is 7.09. The van der Waals surface area contributed by atoms with E-state index >= 15 is 0 Å². The van der Waals surface area contributed by atoms with Crippen LogP contribution in [0.4, 0.5) is 0 Å². The first-order valence-corrected chi connectivity index (χ1v) is 6.84. The van der Waals surface area contributed by atoms with E-state index in [1.807, 2.05) is 0 Å². The molecule has 0 bridgehead atoms. The lowest BCUT2D eigenvalue weighted by Crippen LogP contribution is -2.36. The molecule has 0 radical (unpaired) electrons. The Hall–Kier alpha value is -0.450. The van der Waals surface area contributed by atoms with Crippen molar-refractivity contribution in [1.29, 1.82) is 0 Å². The second-order valence-corrected chi connectivity index (χ2v) is 5.27. The van der Waals surface area contributed by atoms with Crippen LogP contribution < -0.4 is 5.32 Å². The molecule has 1 saturated carbocycles. The summed E-state index contributed by atoms with van der Waals surface area (Å²) in [6.45, 7) is 5.25. The van der Waals surface area contributed by atoms with E-state index in [0.29, 0.717) is 6.04 Å². The molecule has 1 aromatic heterocycles. The van der Waals surface area contributed by atoms with Gasteiger partial charge in [0, 0.05) is 18.5 Å². The summed E-state index contributed by atoms with van der Waals surface area (Å²) in [4.78, 5) is 4.72. The normalized spacial score (nSPS) is 20.4. The van der Waals surface area contributed by atoms with Gasteiger partial charge in [-0.25, -0.2) is 4.98 Å². The van der Waals surface area contributed by atoms with Crippen molar-refractivity contribution in [2.24, 2.45) is 0 Å². The van der Waals surface area contributed by atoms with Gasteiger partial charge in [0.05, 0.1) is 5.69 Å². The molecule has 1 aliphatic rings. The fourth-order valence-corrected chi connectivity index (χ4v) is 3.26. The standard InChI is InChI=1S/C12H20N2OS/c1-4-13-9(2)10-8-16-11(14-10)12(15-3)6-5-7-12/h8-9,13H,4-7H2,1-3H3. The van der Waals surface area contributed by atoms with Gasteiger partial charge in [0.25, 0.3) is 0 Å². The summed E-state index contributed by atoms with van der Waals surface area (Å²) in [6.07, 6.45) is 3.49. The van der Waals surface area contributed by atoms with Crippen molar-refractivity contribution in [1.82, 2.24) is 10.3 Å². The molecule has 1 atom stereocenters. The Morgan fingerprint density at radius 3 is 2.88 bits per heavy atom. The number of thiazole rings is 1. The van der Waals surface area contributed by atoms with E-state index in [0.717, 1.165) is 30.1 Å². The monoisotopic (exact) mass is 240 g/mol. The first kappa shape index (κ1) is 12.0. The molecule has 0 saturated heterocycles. The molecule has 1 heterocycles. The van der Waals surface area contributed by atoms with Gasteiger partial charge in [-0.2, -0.15) is 0 Å². The van der Waals surface area contributed by atoms with Crippen LogP contribution in [0, 0.1) is 0 Å². The zero-order valence-corrected chi connectivity index (χ0v) is 11.1. The van der Waals surface area contributed by atoms with Gasteiger partial charge in [0.2, 0.25) is 0 Å². The van der Waals surface area contributed by atoms with Crippen molar-refractivity contribution in [3.63, 3.8) is 0 Å². The van der Waals surface area contributed by atoms with Crippen molar-refractivity contribution >= 4 is 11.3 Å². The molecule has 2 rings (SSSR count). The average molecular weight is 240 g/mol. The molecule has 0 amide bonds. The third-order valence-corrected chi connectivity index (χ3v) is 4.46. The summed E-state index contributed by atoms with van der Waals surface area (Å²) >= 11 is 1.73. The van der Waals surface area contributed by atoms with Crippen LogP contribution in [0.1, 0.15) is 49.9 Å². The SMILES string of the molecule is CCNC(C)c1csc(C2(OC)CCC2)n1. The molecule has 0 aromatic carbocycles. The van der Waals surface area contributed by atoms with Crippen LogP contribution in [-0.4, -0.2) is 18.6 Å². The molecule has 1 aromatic rings. The van der Waals surface area contributed by atoms with Crippen LogP contribution in [0.25, 0.3) is 0 Å². The Morgan fingerprint density at radius 2 is 2.38 bits per heavy atom. The van der Waals surface area contributed by atoms with E-state index in [9.17, 15) is 0 Å². The van der Waals surface area contributed by atoms with Gasteiger partial charge in [-0.15, -0.1) is 11.3 Å². The lowest BCUT2D eigenvalue weighted by atomic mass is 9.80. The van der Waals surface area contributed by atoms with Crippen molar-refractivity contribution in [3.8, 4) is 0 Å². The van der Waals surface area contributed by atoms with Gasteiger partial charge in [0.15, 0.2) is 0 Å². The third kappa shape index (κ3) is 2.01. The summed E-state index contributed by atoms with van der Waals surface area (Å²) in [7, 11) is 1.80. The van der Waals surface area contributed by atoms with E-state index in [-0.39, 0.29) is 5.60 Å². The number of ether oxygens (including phenoxy) is 1.